The SMILES string of the molecule is CC(C)(C)[Si](OCC1CCC(OC(=O)c2ccccc2)CO1)(c1ccccc1)c1ccccc1. The van der Waals surface area contributed by atoms with Crippen LogP contribution in [0.15, 0.2) is 91.0 Å². The standard InChI is InChI=1S/C29H34O4Si/c1-29(2,3)34(26-15-9-5-10-16-26,27-17-11-6-12-18-27)32-22-24-19-20-25(21-31-24)33-28(30)23-13-7-4-8-14-23/h4-18,24-25H,19-22H2,1-3H3. The minimum Gasteiger partial charge on any atom is -0.456 e. The number of esters is 1. The van der Waals surface area contributed by atoms with Crippen molar-refractivity contribution in [2.45, 2.75) is 50.9 Å². The maximum atomic E-state index is 12.4. The molecule has 3 aromatic carbocycles. The van der Waals surface area contributed by atoms with Gasteiger partial charge in [-0.1, -0.05) is 99.6 Å². The minimum absolute atomic E-state index is 0.0201. The van der Waals surface area contributed by atoms with Gasteiger partial charge in [-0.05, 0) is 40.4 Å². The van der Waals surface area contributed by atoms with E-state index in [-0.39, 0.29) is 23.2 Å². The Morgan fingerprint density at radius 3 is 1.85 bits per heavy atom. The van der Waals surface area contributed by atoms with Crippen molar-refractivity contribution in [2.75, 3.05) is 13.2 Å². The average Bonchev–Trinajstić information content (AvgIpc) is 2.86. The molecule has 2 atom stereocenters. The van der Waals surface area contributed by atoms with Gasteiger partial charge < -0.3 is 13.9 Å². The number of ether oxygens (including phenoxy) is 2. The molecule has 1 saturated heterocycles. The van der Waals surface area contributed by atoms with E-state index in [1.807, 2.05) is 18.2 Å². The molecule has 1 fully saturated rings. The summed E-state index contributed by atoms with van der Waals surface area (Å²) in [4.78, 5) is 12.4. The van der Waals surface area contributed by atoms with Crippen molar-refractivity contribution < 1.29 is 18.7 Å². The Balaban J connectivity index is 1.45. The maximum absolute atomic E-state index is 12.4. The Morgan fingerprint density at radius 1 is 0.853 bits per heavy atom. The van der Waals surface area contributed by atoms with Gasteiger partial charge in [0.2, 0.25) is 0 Å². The zero-order valence-corrected chi connectivity index (χ0v) is 21.3. The molecular weight excluding hydrogens is 440 g/mol. The fraction of sp³-hybridized carbons (Fsp3) is 0.345. The average molecular weight is 475 g/mol. The fourth-order valence-electron chi connectivity index (χ4n) is 4.78. The molecule has 34 heavy (non-hydrogen) atoms. The van der Waals surface area contributed by atoms with Crippen LogP contribution in [0.25, 0.3) is 0 Å². The fourth-order valence-corrected chi connectivity index (χ4v) is 9.37. The number of carbonyl (C=O) groups excluding carboxylic acids is 1. The van der Waals surface area contributed by atoms with Gasteiger partial charge in [-0.2, -0.15) is 0 Å². The number of rotatable bonds is 7. The lowest BCUT2D eigenvalue weighted by Crippen LogP contribution is -2.67. The Morgan fingerprint density at radius 2 is 1.38 bits per heavy atom. The second-order valence-electron chi connectivity index (χ2n) is 9.90. The summed E-state index contributed by atoms with van der Waals surface area (Å²) in [6.07, 6.45) is 1.32. The van der Waals surface area contributed by atoms with Gasteiger partial charge in [0.15, 0.2) is 0 Å². The highest BCUT2D eigenvalue weighted by atomic mass is 28.4. The van der Waals surface area contributed by atoms with Crippen molar-refractivity contribution >= 4 is 24.7 Å². The summed E-state index contributed by atoms with van der Waals surface area (Å²) in [5, 5.41) is 2.45. The van der Waals surface area contributed by atoms with Gasteiger partial charge in [0.1, 0.15) is 6.10 Å². The molecule has 0 bridgehead atoms. The summed E-state index contributed by atoms with van der Waals surface area (Å²) in [6, 6.07) is 30.4. The first-order valence-electron chi connectivity index (χ1n) is 12.0. The lowest BCUT2D eigenvalue weighted by molar-refractivity contribution is -0.0790. The Hall–Kier alpha value is -2.73. The van der Waals surface area contributed by atoms with E-state index in [1.54, 1.807) is 12.1 Å². The summed E-state index contributed by atoms with van der Waals surface area (Å²) < 4.78 is 18.8. The number of hydrogen-bond donors (Lipinski definition) is 0. The van der Waals surface area contributed by atoms with Crippen LogP contribution in [0.3, 0.4) is 0 Å². The van der Waals surface area contributed by atoms with Gasteiger partial charge in [-0.25, -0.2) is 4.79 Å². The van der Waals surface area contributed by atoms with Gasteiger partial charge >= 0.3 is 5.97 Å². The van der Waals surface area contributed by atoms with Gasteiger partial charge in [-0.15, -0.1) is 0 Å². The smallest absolute Gasteiger partial charge is 0.338 e. The summed E-state index contributed by atoms with van der Waals surface area (Å²) in [6.45, 7) is 7.75. The predicted octanol–water partition coefficient (Wildman–Crippen LogP) is 4.97. The molecule has 2 unspecified atom stereocenters. The van der Waals surface area contributed by atoms with E-state index in [0.717, 1.165) is 12.8 Å². The van der Waals surface area contributed by atoms with E-state index in [1.165, 1.54) is 10.4 Å². The Kier molecular flexibility index (Phi) is 7.66. The van der Waals surface area contributed by atoms with Crippen LogP contribution >= 0.6 is 0 Å². The van der Waals surface area contributed by atoms with Gasteiger partial charge in [0.25, 0.3) is 8.32 Å². The van der Waals surface area contributed by atoms with Crippen LogP contribution in [0.5, 0.6) is 0 Å². The predicted molar refractivity (Wildman–Crippen MR) is 138 cm³/mol. The molecule has 0 radical (unpaired) electrons. The Bertz CT molecular complexity index is 1000. The first-order chi connectivity index (χ1) is 16.4. The van der Waals surface area contributed by atoms with E-state index in [0.29, 0.717) is 18.8 Å². The molecule has 0 N–H and O–H groups in total. The topological polar surface area (TPSA) is 44.8 Å². The van der Waals surface area contributed by atoms with Gasteiger partial charge in [0, 0.05) is 0 Å². The molecule has 0 amide bonds. The second kappa shape index (κ2) is 10.7. The van der Waals surface area contributed by atoms with E-state index < -0.39 is 8.32 Å². The monoisotopic (exact) mass is 474 g/mol. The number of carbonyl (C=O) groups is 1. The molecule has 5 heteroatoms. The van der Waals surface area contributed by atoms with E-state index in [2.05, 4.69) is 81.4 Å². The number of hydrogen-bond acceptors (Lipinski definition) is 4. The van der Waals surface area contributed by atoms with E-state index in [9.17, 15) is 4.79 Å². The molecule has 0 saturated carbocycles. The summed E-state index contributed by atoms with van der Waals surface area (Å²) in [7, 11) is -2.59. The van der Waals surface area contributed by atoms with Crippen molar-refractivity contribution in [3.63, 3.8) is 0 Å². The zero-order chi connectivity index (χ0) is 24.0. The molecule has 1 aliphatic heterocycles. The highest BCUT2D eigenvalue weighted by molar-refractivity contribution is 6.99. The van der Waals surface area contributed by atoms with Crippen LogP contribution in [-0.4, -0.2) is 39.7 Å². The third-order valence-electron chi connectivity index (χ3n) is 6.51. The lowest BCUT2D eigenvalue weighted by Gasteiger charge is -2.44. The highest BCUT2D eigenvalue weighted by Crippen LogP contribution is 2.37. The largest absolute Gasteiger partial charge is 0.456 e. The van der Waals surface area contributed by atoms with Crippen molar-refractivity contribution in [2.24, 2.45) is 0 Å². The summed E-state index contributed by atoms with van der Waals surface area (Å²) in [5.41, 5.74) is 0.569. The second-order valence-corrected chi connectivity index (χ2v) is 14.2. The van der Waals surface area contributed by atoms with Crippen LogP contribution in [0.2, 0.25) is 5.04 Å². The molecule has 4 rings (SSSR count). The minimum atomic E-state index is -2.59. The van der Waals surface area contributed by atoms with Crippen LogP contribution < -0.4 is 10.4 Å². The van der Waals surface area contributed by atoms with Crippen molar-refractivity contribution in [3.8, 4) is 0 Å². The molecule has 4 nitrogen and oxygen atoms in total. The molecule has 0 aliphatic carbocycles. The first-order valence-corrected chi connectivity index (χ1v) is 13.9. The molecule has 1 heterocycles. The molecule has 0 aromatic heterocycles. The van der Waals surface area contributed by atoms with Crippen LogP contribution in [0, 0.1) is 0 Å². The third kappa shape index (κ3) is 5.33. The third-order valence-corrected chi connectivity index (χ3v) is 11.5. The highest BCUT2D eigenvalue weighted by Gasteiger charge is 2.50. The van der Waals surface area contributed by atoms with Crippen molar-refractivity contribution in [1.82, 2.24) is 0 Å². The van der Waals surface area contributed by atoms with Crippen LogP contribution in [0.1, 0.15) is 44.0 Å². The first kappa shape index (κ1) is 24.4. The van der Waals surface area contributed by atoms with E-state index in [4.69, 9.17) is 13.9 Å². The summed E-state index contributed by atoms with van der Waals surface area (Å²) >= 11 is 0. The van der Waals surface area contributed by atoms with Gasteiger partial charge in [-0.3, -0.25) is 0 Å². The van der Waals surface area contributed by atoms with Crippen molar-refractivity contribution in [1.29, 1.82) is 0 Å². The molecule has 178 valence electrons. The molecular formula is C29H34O4Si. The van der Waals surface area contributed by atoms with Crippen LogP contribution in [-0.2, 0) is 13.9 Å². The number of benzene rings is 3. The Labute approximate surface area is 204 Å². The molecule has 0 spiro atoms. The maximum Gasteiger partial charge on any atom is 0.338 e. The summed E-state index contributed by atoms with van der Waals surface area (Å²) in [5.74, 6) is -0.295. The van der Waals surface area contributed by atoms with E-state index >= 15 is 0 Å². The van der Waals surface area contributed by atoms with Crippen molar-refractivity contribution in [3.05, 3.63) is 96.6 Å². The quantitative estimate of drug-likeness (QED) is 0.358. The molecule has 1 aliphatic rings. The lowest BCUT2D eigenvalue weighted by atomic mass is 10.1. The van der Waals surface area contributed by atoms with Crippen LogP contribution in [0.4, 0.5) is 0 Å². The normalized spacial score (nSPS) is 18.9. The zero-order valence-electron chi connectivity index (χ0n) is 20.3. The van der Waals surface area contributed by atoms with Gasteiger partial charge in [0.05, 0.1) is 24.9 Å². The molecule has 3 aromatic rings.